The number of allylic oxidation sites excluding steroid dienone is 1. The fourth-order valence-electron chi connectivity index (χ4n) is 2.91. The minimum absolute atomic E-state index is 0.934. The molecule has 1 aliphatic rings. The molecule has 114 valence electrons. The Labute approximate surface area is 132 Å². The maximum absolute atomic E-state index is 5.64. The Bertz CT molecular complexity index is 693. The monoisotopic (exact) mass is 293 g/mol. The van der Waals surface area contributed by atoms with Gasteiger partial charge in [-0.05, 0) is 38.5 Å². The Hall–Kier alpha value is -2.06. The first kappa shape index (κ1) is 14.9. The van der Waals surface area contributed by atoms with E-state index in [9.17, 15) is 0 Å². The second kappa shape index (κ2) is 6.80. The van der Waals surface area contributed by atoms with Crippen molar-refractivity contribution in [1.29, 1.82) is 0 Å². The molecule has 1 aromatic carbocycles. The summed E-state index contributed by atoms with van der Waals surface area (Å²) in [5.41, 5.74) is 5.27. The van der Waals surface area contributed by atoms with Gasteiger partial charge in [0.05, 0.1) is 6.26 Å². The molecular weight excluding hydrogens is 270 g/mol. The summed E-state index contributed by atoms with van der Waals surface area (Å²) in [4.78, 5) is 2.32. The Morgan fingerprint density at radius 3 is 3.09 bits per heavy atom. The highest BCUT2D eigenvalue weighted by atomic mass is 16.3. The number of hydrogen-bond donors (Lipinski definition) is 0. The maximum Gasteiger partial charge on any atom is 0.129 e. The lowest BCUT2D eigenvalue weighted by Gasteiger charge is -2.15. The zero-order valence-electron chi connectivity index (χ0n) is 13.4. The van der Waals surface area contributed by atoms with Crippen molar-refractivity contribution in [3.8, 4) is 0 Å². The number of nitrogens with zero attached hydrogens (tertiary/aromatic N) is 1. The van der Waals surface area contributed by atoms with Gasteiger partial charge in [0.15, 0.2) is 0 Å². The first-order valence-corrected chi connectivity index (χ1v) is 7.90. The molecule has 0 unspecified atom stereocenters. The molecule has 1 aliphatic carbocycles. The first-order chi connectivity index (χ1) is 10.7. The van der Waals surface area contributed by atoms with Crippen molar-refractivity contribution in [2.24, 2.45) is 0 Å². The normalized spacial score (nSPS) is 14.0. The van der Waals surface area contributed by atoms with Crippen LogP contribution in [0.15, 0.2) is 47.1 Å². The molecule has 2 nitrogen and oxygen atoms in total. The average molecular weight is 293 g/mol. The molecule has 3 rings (SSSR count). The van der Waals surface area contributed by atoms with Crippen molar-refractivity contribution in [2.75, 3.05) is 13.6 Å². The Morgan fingerprint density at radius 1 is 1.32 bits per heavy atom. The highest BCUT2D eigenvalue weighted by molar-refractivity contribution is 5.53. The molecule has 2 heteroatoms. The zero-order valence-corrected chi connectivity index (χ0v) is 13.4. The third-order valence-electron chi connectivity index (χ3n) is 4.05. The summed E-state index contributed by atoms with van der Waals surface area (Å²) in [6, 6.07) is 8.57. The van der Waals surface area contributed by atoms with Gasteiger partial charge in [0.25, 0.3) is 0 Å². The van der Waals surface area contributed by atoms with E-state index in [1.54, 1.807) is 0 Å². The minimum Gasteiger partial charge on any atom is -0.464 e. The minimum atomic E-state index is 0.934. The quantitative estimate of drug-likeness (QED) is 0.795. The standard InChI is InChI=1S/C20H23NO/c1-16-7-5-8-17(13-16)9-6-12-21(2)14-18-15-22-20-11-4-3-10-19(18)20/h4-9,11,13,15H,3,10,12,14H2,1-2H3/b9-6+. The topological polar surface area (TPSA) is 16.4 Å². The van der Waals surface area contributed by atoms with Gasteiger partial charge in [0.1, 0.15) is 5.76 Å². The predicted octanol–water partition coefficient (Wildman–Crippen LogP) is 4.69. The number of hydrogen-bond acceptors (Lipinski definition) is 2. The smallest absolute Gasteiger partial charge is 0.129 e. The van der Waals surface area contributed by atoms with Crippen molar-refractivity contribution in [3.63, 3.8) is 0 Å². The van der Waals surface area contributed by atoms with Crippen LogP contribution in [-0.4, -0.2) is 18.5 Å². The molecule has 0 saturated carbocycles. The fraction of sp³-hybridized carbons (Fsp3) is 0.300. The van der Waals surface area contributed by atoms with E-state index in [0.717, 1.165) is 31.7 Å². The van der Waals surface area contributed by atoms with E-state index in [0.29, 0.717) is 0 Å². The number of fused-ring (bicyclic) bond motifs is 1. The van der Waals surface area contributed by atoms with Gasteiger partial charge in [-0.1, -0.05) is 48.1 Å². The van der Waals surface area contributed by atoms with E-state index in [4.69, 9.17) is 4.42 Å². The molecule has 1 heterocycles. The van der Waals surface area contributed by atoms with Crippen molar-refractivity contribution < 1.29 is 4.42 Å². The van der Waals surface area contributed by atoms with Gasteiger partial charge in [-0.15, -0.1) is 0 Å². The molecule has 1 aromatic heterocycles. The lowest BCUT2D eigenvalue weighted by atomic mass is 10.0. The third kappa shape index (κ3) is 3.58. The van der Waals surface area contributed by atoms with Crippen LogP contribution in [0.3, 0.4) is 0 Å². The summed E-state index contributed by atoms with van der Waals surface area (Å²) < 4.78 is 5.64. The summed E-state index contributed by atoms with van der Waals surface area (Å²) >= 11 is 0. The van der Waals surface area contributed by atoms with Crippen LogP contribution >= 0.6 is 0 Å². The highest BCUT2D eigenvalue weighted by Gasteiger charge is 2.14. The van der Waals surface area contributed by atoms with Crippen LogP contribution in [0.4, 0.5) is 0 Å². The van der Waals surface area contributed by atoms with E-state index in [1.165, 1.54) is 22.3 Å². The van der Waals surface area contributed by atoms with Gasteiger partial charge in [-0.2, -0.15) is 0 Å². The van der Waals surface area contributed by atoms with Crippen molar-refractivity contribution in [1.82, 2.24) is 4.90 Å². The van der Waals surface area contributed by atoms with E-state index in [2.05, 4.69) is 67.4 Å². The van der Waals surface area contributed by atoms with Gasteiger partial charge in [0.2, 0.25) is 0 Å². The van der Waals surface area contributed by atoms with E-state index in [1.807, 2.05) is 6.26 Å². The molecular formula is C20H23NO. The van der Waals surface area contributed by atoms with E-state index in [-0.39, 0.29) is 0 Å². The van der Waals surface area contributed by atoms with Crippen LogP contribution < -0.4 is 0 Å². The fourth-order valence-corrected chi connectivity index (χ4v) is 2.91. The molecule has 0 spiro atoms. The van der Waals surface area contributed by atoms with Crippen LogP contribution in [-0.2, 0) is 13.0 Å². The molecule has 0 atom stereocenters. The summed E-state index contributed by atoms with van der Waals surface area (Å²) in [6.45, 7) is 3.99. The summed E-state index contributed by atoms with van der Waals surface area (Å²) in [7, 11) is 2.15. The van der Waals surface area contributed by atoms with Gasteiger partial charge < -0.3 is 4.42 Å². The number of likely N-dealkylation sites (N-methyl/N-ethyl adjacent to an activating group) is 1. The second-order valence-corrected chi connectivity index (χ2v) is 6.06. The molecule has 0 amide bonds. The molecule has 0 radical (unpaired) electrons. The van der Waals surface area contributed by atoms with Crippen LogP contribution in [0, 0.1) is 6.92 Å². The molecule has 0 bridgehead atoms. The number of rotatable bonds is 5. The summed E-state index contributed by atoms with van der Waals surface area (Å²) in [6.07, 6.45) is 12.8. The second-order valence-electron chi connectivity index (χ2n) is 6.06. The highest BCUT2D eigenvalue weighted by Crippen LogP contribution is 2.25. The molecule has 2 aromatic rings. The van der Waals surface area contributed by atoms with Crippen molar-refractivity contribution in [3.05, 3.63) is 70.7 Å². The number of aryl methyl sites for hydroxylation is 1. The molecule has 0 fully saturated rings. The Morgan fingerprint density at radius 2 is 2.23 bits per heavy atom. The lowest BCUT2D eigenvalue weighted by molar-refractivity contribution is 0.361. The SMILES string of the molecule is Cc1cccc(/C=C/CN(C)Cc2coc3c2CCC=C3)c1. The zero-order chi connectivity index (χ0) is 15.4. The van der Waals surface area contributed by atoms with Crippen molar-refractivity contribution in [2.45, 2.75) is 26.3 Å². The molecule has 0 saturated heterocycles. The van der Waals surface area contributed by atoms with E-state index < -0.39 is 0 Å². The number of benzene rings is 1. The van der Waals surface area contributed by atoms with Crippen molar-refractivity contribution >= 4 is 12.2 Å². The van der Waals surface area contributed by atoms with Crippen LogP contribution in [0.5, 0.6) is 0 Å². The average Bonchev–Trinajstić information content (AvgIpc) is 2.91. The van der Waals surface area contributed by atoms with Crippen LogP contribution in [0.1, 0.15) is 34.4 Å². The summed E-state index contributed by atoms with van der Waals surface area (Å²) in [5.74, 6) is 1.05. The molecule has 0 N–H and O–H groups in total. The largest absolute Gasteiger partial charge is 0.464 e. The molecule has 22 heavy (non-hydrogen) atoms. The van der Waals surface area contributed by atoms with E-state index >= 15 is 0 Å². The predicted molar refractivity (Wildman–Crippen MR) is 92.6 cm³/mol. The Kier molecular flexibility index (Phi) is 4.59. The third-order valence-corrected chi connectivity index (χ3v) is 4.05. The summed E-state index contributed by atoms with van der Waals surface area (Å²) in [5, 5.41) is 0. The van der Waals surface area contributed by atoms with Gasteiger partial charge in [0, 0.05) is 24.2 Å². The van der Waals surface area contributed by atoms with Gasteiger partial charge in [-0.25, -0.2) is 0 Å². The maximum atomic E-state index is 5.64. The first-order valence-electron chi connectivity index (χ1n) is 7.90. The lowest BCUT2D eigenvalue weighted by Crippen LogP contribution is -2.18. The van der Waals surface area contributed by atoms with Gasteiger partial charge in [-0.3, -0.25) is 4.90 Å². The van der Waals surface area contributed by atoms with Crippen LogP contribution in [0.25, 0.3) is 12.2 Å². The van der Waals surface area contributed by atoms with Crippen LogP contribution in [0.2, 0.25) is 0 Å². The number of furan rings is 1. The Balaban J connectivity index is 1.58. The molecule has 0 aliphatic heterocycles. The van der Waals surface area contributed by atoms with Gasteiger partial charge >= 0.3 is 0 Å².